The van der Waals surface area contributed by atoms with Crippen LogP contribution in [-0.4, -0.2) is 31.0 Å². The van der Waals surface area contributed by atoms with E-state index in [9.17, 15) is 4.79 Å². The van der Waals surface area contributed by atoms with Crippen LogP contribution < -0.4 is 5.32 Å². The van der Waals surface area contributed by atoms with Crippen LogP contribution in [0.3, 0.4) is 0 Å². The van der Waals surface area contributed by atoms with Crippen molar-refractivity contribution in [2.75, 3.05) is 19.8 Å². The number of carbonyl (C=O) groups is 1. The monoisotopic (exact) mass is 241 g/mol. The van der Waals surface area contributed by atoms with E-state index in [1.54, 1.807) is 6.08 Å². The van der Waals surface area contributed by atoms with Gasteiger partial charge in [-0.3, -0.25) is 0 Å². The van der Waals surface area contributed by atoms with Gasteiger partial charge in [0.25, 0.3) is 0 Å². The highest BCUT2D eigenvalue weighted by molar-refractivity contribution is 5.67. The van der Waals surface area contributed by atoms with Crippen molar-refractivity contribution < 1.29 is 14.6 Å². The molecular formula is C13H23NO3. The maximum absolute atomic E-state index is 11.2. The molecule has 0 unspecified atom stereocenters. The lowest BCUT2D eigenvalue weighted by Gasteiger charge is -2.07. The number of unbranched alkanes of at least 4 members (excludes halogenated alkanes) is 3. The molecule has 0 fully saturated rings. The van der Waals surface area contributed by atoms with Gasteiger partial charge < -0.3 is 15.2 Å². The Bertz CT molecular complexity index is 249. The largest absolute Gasteiger partial charge is 0.445 e. The van der Waals surface area contributed by atoms with Gasteiger partial charge in [-0.15, -0.1) is 0 Å². The molecule has 0 saturated heterocycles. The Kier molecular flexibility index (Phi) is 10.4. The quantitative estimate of drug-likeness (QED) is 0.481. The molecule has 0 aromatic rings. The van der Waals surface area contributed by atoms with Crippen LogP contribution >= 0.6 is 0 Å². The van der Waals surface area contributed by atoms with Crippen molar-refractivity contribution in [1.29, 1.82) is 0 Å². The Morgan fingerprint density at radius 3 is 2.65 bits per heavy atom. The van der Waals surface area contributed by atoms with Crippen molar-refractivity contribution in [3.63, 3.8) is 0 Å². The van der Waals surface area contributed by atoms with E-state index in [0.29, 0.717) is 6.54 Å². The first kappa shape index (κ1) is 15.7. The number of nitrogens with one attached hydrogen (secondary N) is 1. The van der Waals surface area contributed by atoms with Crippen molar-refractivity contribution >= 4 is 6.09 Å². The molecule has 0 bridgehead atoms. The van der Waals surface area contributed by atoms with Gasteiger partial charge in [-0.2, -0.15) is 0 Å². The summed E-state index contributed by atoms with van der Waals surface area (Å²) in [6, 6.07) is 0. The molecule has 17 heavy (non-hydrogen) atoms. The minimum atomic E-state index is -0.395. The lowest BCUT2D eigenvalue weighted by atomic mass is 10.2. The summed E-state index contributed by atoms with van der Waals surface area (Å²) in [7, 11) is 0. The first-order valence-corrected chi connectivity index (χ1v) is 6.03. The Labute approximate surface area is 103 Å². The zero-order valence-electron chi connectivity index (χ0n) is 10.6. The van der Waals surface area contributed by atoms with E-state index in [1.165, 1.54) is 0 Å². The maximum atomic E-state index is 11.2. The summed E-state index contributed by atoms with van der Waals surface area (Å²) in [5.41, 5.74) is 0.892. The van der Waals surface area contributed by atoms with Gasteiger partial charge in [0.05, 0.1) is 0 Å². The van der Waals surface area contributed by atoms with Crippen LogP contribution in [-0.2, 0) is 4.74 Å². The van der Waals surface area contributed by atoms with E-state index >= 15 is 0 Å². The number of rotatable bonds is 9. The van der Waals surface area contributed by atoms with Gasteiger partial charge in [0.1, 0.15) is 6.61 Å². The van der Waals surface area contributed by atoms with Crippen LogP contribution in [0.2, 0.25) is 0 Å². The number of carbonyl (C=O) groups excluding carboxylic acids is 1. The molecule has 0 aromatic carbocycles. The summed E-state index contributed by atoms with van der Waals surface area (Å²) in [4.78, 5) is 11.2. The number of ether oxygens (including phenoxy) is 1. The molecule has 0 heterocycles. The minimum absolute atomic E-state index is 0.239. The summed E-state index contributed by atoms with van der Waals surface area (Å²) in [6.45, 7) is 6.60. The second-order valence-electron chi connectivity index (χ2n) is 3.71. The molecule has 0 spiro atoms. The van der Waals surface area contributed by atoms with Gasteiger partial charge in [-0.25, -0.2) is 4.79 Å². The van der Waals surface area contributed by atoms with Crippen molar-refractivity contribution in [3.8, 4) is 0 Å². The third kappa shape index (κ3) is 9.63. The number of hydrogen-bond donors (Lipinski definition) is 2. The van der Waals surface area contributed by atoms with E-state index in [4.69, 9.17) is 9.84 Å². The van der Waals surface area contributed by atoms with E-state index in [0.717, 1.165) is 31.3 Å². The topological polar surface area (TPSA) is 58.6 Å². The molecule has 4 heteroatoms. The maximum Gasteiger partial charge on any atom is 0.407 e. The summed E-state index contributed by atoms with van der Waals surface area (Å²) in [6.07, 6.45) is 6.87. The van der Waals surface area contributed by atoms with Crippen molar-refractivity contribution in [2.45, 2.75) is 32.6 Å². The number of aliphatic hydroxyl groups is 1. The zero-order chi connectivity index (χ0) is 12.9. The number of amides is 1. The summed E-state index contributed by atoms with van der Waals surface area (Å²) in [5, 5.41) is 11.3. The SMILES string of the molecule is C=C/C(=C\C)COC(=O)NCCCCCCO. The number of aliphatic hydroxyl groups excluding tert-OH is 1. The van der Waals surface area contributed by atoms with Crippen molar-refractivity contribution in [3.05, 3.63) is 24.3 Å². The molecule has 0 atom stereocenters. The molecule has 0 aliphatic heterocycles. The molecule has 0 aromatic heterocycles. The van der Waals surface area contributed by atoms with E-state index in [-0.39, 0.29) is 13.2 Å². The standard InChI is InChI=1S/C13H23NO3/c1-3-12(4-2)11-17-13(16)14-9-7-5-6-8-10-15/h3-4,15H,1,5-11H2,2H3,(H,14,16)/b12-4+. The number of hydrogen-bond acceptors (Lipinski definition) is 3. The third-order valence-electron chi connectivity index (χ3n) is 2.36. The second kappa shape index (κ2) is 11.2. The van der Waals surface area contributed by atoms with Crippen molar-refractivity contribution in [1.82, 2.24) is 5.32 Å². The molecule has 0 radical (unpaired) electrons. The highest BCUT2D eigenvalue weighted by atomic mass is 16.5. The van der Waals surface area contributed by atoms with Crippen LogP contribution in [0, 0.1) is 0 Å². The first-order valence-electron chi connectivity index (χ1n) is 6.03. The van der Waals surface area contributed by atoms with Crippen LogP contribution in [0.1, 0.15) is 32.6 Å². The molecule has 1 amide bonds. The minimum Gasteiger partial charge on any atom is -0.445 e. The molecule has 0 saturated carbocycles. The van der Waals surface area contributed by atoms with Gasteiger partial charge in [-0.05, 0) is 25.3 Å². The predicted octanol–water partition coefficient (Wildman–Crippen LogP) is 2.40. The van der Waals surface area contributed by atoms with Gasteiger partial charge >= 0.3 is 6.09 Å². The van der Waals surface area contributed by atoms with Crippen LogP contribution in [0.25, 0.3) is 0 Å². The van der Waals surface area contributed by atoms with E-state index in [1.807, 2.05) is 13.0 Å². The van der Waals surface area contributed by atoms with Crippen molar-refractivity contribution in [2.24, 2.45) is 0 Å². The van der Waals surface area contributed by atoms with E-state index in [2.05, 4.69) is 11.9 Å². The van der Waals surface area contributed by atoms with Gasteiger partial charge in [0.15, 0.2) is 0 Å². The lowest BCUT2D eigenvalue weighted by Crippen LogP contribution is -2.25. The smallest absolute Gasteiger partial charge is 0.407 e. The Morgan fingerprint density at radius 1 is 1.35 bits per heavy atom. The van der Waals surface area contributed by atoms with Gasteiger partial charge in [0.2, 0.25) is 0 Å². The summed E-state index contributed by atoms with van der Waals surface area (Å²) < 4.78 is 4.98. The van der Waals surface area contributed by atoms with Gasteiger partial charge in [0, 0.05) is 13.2 Å². The summed E-state index contributed by atoms with van der Waals surface area (Å²) >= 11 is 0. The molecule has 0 aliphatic rings. The third-order valence-corrected chi connectivity index (χ3v) is 2.36. The van der Waals surface area contributed by atoms with Crippen LogP contribution in [0.5, 0.6) is 0 Å². The highest BCUT2D eigenvalue weighted by Crippen LogP contribution is 1.98. The number of allylic oxidation sites excluding steroid dienone is 1. The second-order valence-corrected chi connectivity index (χ2v) is 3.71. The molecular weight excluding hydrogens is 218 g/mol. The molecule has 4 nitrogen and oxygen atoms in total. The van der Waals surface area contributed by atoms with Crippen LogP contribution in [0.15, 0.2) is 24.3 Å². The fourth-order valence-corrected chi connectivity index (χ4v) is 1.24. The average molecular weight is 241 g/mol. The Hall–Kier alpha value is -1.29. The zero-order valence-corrected chi connectivity index (χ0v) is 10.6. The van der Waals surface area contributed by atoms with Gasteiger partial charge in [-0.1, -0.05) is 31.6 Å². The van der Waals surface area contributed by atoms with E-state index < -0.39 is 6.09 Å². The summed E-state index contributed by atoms with van der Waals surface area (Å²) in [5.74, 6) is 0. The Morgan fingerprint density at radius 2 is 2.06 bits per heavy atom. The normalized spacial score (nSPS) is 11.1. The van der Waals surface area contributed by atoms with Crippen LogP contribution in [0.4, 0.5) is 4.79 Å². The number of alkyl carbamates (subject to hydrolysis) is 1. The molecule has 0 aliphatic carbocycles. The molecule has 0 rings (SSSR count). The first-order chi connectivity index (χ1) is 8.24. The highest BCUT2D eigenvalue weighted by Gasteiger charge is 2.01. The lowest BCUT2D eigenvalue weighted by molar-refractivity contribution is 0.156. The Balaban J connectivity index is 3.44. The fraction of sp³-hybridized carbons (Fsp3) is 0.615. The average Bonchev–Trinajstić information content (AvgIpc) is 2.35. The molecule has 98 valence electrons. The fourth-order valence-electron chi connectivity index (χ4n) is 1.24. The molecule has 2 N–H and O–H groups in total. The predicted molar refractivity (Wildman–Crippen MR) is 68.9 cm³/mol.